The number of carbonyl (C=O) groups is 1. The Morgan fingerprint density at radius 2 is 1.96 bits per heavy atom. The van der Waals surface area contributed by atoms with E-state index in [0.29, 0.717) is 18.9 Å². The lowest BCUT2D eigenvalue weighted by Crippen LogP contribution is -2.43. The van der Waals surface area contributed by atoms with Crippen molar-refractivity contribution in [3.8, 4) is 0 Å². The first-order valence-corrected chi connectivity index (χ1v) is 9.95. The molecule has 1 unspecified atom stereocenters. The fourth-order valence-corrected chi connectivity index (χ4v) is 3.51. The number of allylic oxidation sites excluding steroid dienone is 1. The number of hydrogen-bond acceptors (Lipinski definition) is 4. The van der Waals surface area contributed by atoms with E-state index >= 15 is 0 Å². The third-order valence-corrected chi connectivity index (χ3v) is 4.94. The molecule has 1 atom stereocenters. The summed E-state index contributed by atoms with van der Waals surface area (Å²) in [5, 5.41) is 2.22. The predicted octanol–water partition coefficient (Wildman–Crippen LogP) is 4.45. The van der Waals surface area contributed by atoms with Crippen molar-refractivity contribution in [1.29, 1.82) is 0 Å². The first-order valence-electron chi connectivity index (χ1n) is 9.15. The number of hydrogen-bond donors (Lipinski definition) is 1. The van der Waals surface area contributed by atoms with Gasteiger partial charge in [-0.25, -0.2) is 9.80 Å². The van der Waals surface area contributed by atoms with E-state index < -0.39 is 0 Å². The Morgan fingerprint density at radius 3 is 2.52 bits per heavy atom. The molecule has 1 N–H and O–H groups in total. The molecule has 1 aromatic rings. The fourth-order valence-electron chi connectivity index (χ4n) is 3.25. The number of benzene rings is 1. The normalized spacial score (nSPS) is 17.9. The highest BCUT2D eigenvalue weighted by Crippen LogP contribution is 2.30. The Labute approximate surface area is 159 Å². The molecular formula is C20H29BrN2O2. The second-order valence-electron chi connectivity index (χ2n) is 6.76. The zero-order chi connectivity index (χ0) is 18.4. The Balaban J connectivity index is 2.33. The lowest BCUT2D eigenvalue weighted by Gasteiger charge is -2.28. The zero-order valence-corrected chi connectivity index (χ0v) is 17.2. The molecule has 1 heterocycles. The highest BCUT2D eigenvalue weighted by atomic mass is 79.9. The summed E-state index contributed by atoms with van der Waals surface area (Å²) in [6.45, 7) is 9.68. The van der Waals surface area contributed by atoms with Gasteiger partial charge in [0.05, 0.1) is 18.2 Å². The third kappa shape index (κ3) is 5.08. The minimum absolute atomic E-state index is 0.0519. The van der Waals surface area contributed by atoms with Gasteiger partial charge in [-0.15, -0.1) is 0 Å². The van der Waals surface area contributed by atoms with E-state index in [1.165, 1.54) is 5.56 Å². The van der Waals surface area contributed by atoms with Crippen molar-refractivity contribution in [2.75, 3.05) is 13.2 Å². The monoisotopic (exact) mass is 408 g/mol. The Morgan fingerprint density at radius 1 is 1.28 bits per heavy atom. The molecule has 0 aliphatic carbocycles. The topological polar surface area (TPSA) is 41.6 Å². The van der Waals surface area contributed by atoms with E-state index in [0.717, 1.165) is 35.1 Å². The van der Waals surface area contributed by atoms with E-state index in [9.17, 15) is 4.79 Å². The van der Waals surface area contributed by atoms with Gasteiger partial charge in [-0.05, 0) is 37.0 Å². The average molecular weight is 409 g/mol. The fraction of sp³-hybridized carbons (Fsp3) is 0.550. The van der Waals surface area contributed by atoms with Crippen LogP contribution in [0.3, 0.4) is 0 Å². The summed E-state index contributed by atoms with van der Waals surface area (Å²) in [7, 11) is 0. The van der Waals surface area contributed by atoms with Crippen molar-refractivity contribution in [3.63, 3.8) is 0 Å². The maximum Gasteiger partial charge on any atom is 0.337 e. The predicted molar refractivity (Wildman–Crippen MR) is 105 cm³/mol. The molecule has 1 aliphatic heterocycles. The van der Waals surface area contributed by atoms with Crippen LogP contribution in [0.25, 0.3) is 0 Å². The molecule has 0 bridgehead atoms. The number of esters is 1. The van der Waals surface area contributed by atoms with E-state index in [-0.39, 0.29) is 12.0 Å². The second-order valence-corrected chi connectivity index (χ2v) is 7.68. The number of nitrogens with zero attached hydrogens (tertiary/aromatic N) is 1. The van der Waals surface area contributed by atoms with Gasteiger partial charge in [-0.2, -0.15) is 0 Å². The summed E-state index contributed by atoms with van der Waals surface area (Å²) in [4.78, 5) is 12.7. The number of halogens is 1. The van der Waals surface area contributed by atoms with E-state index in [2.05, 4.69) is 59.3 Å². The highest BCUT2D eigenvalue weighted by molar-refractivity contribution is 9.10. The maximum absolute atomic E-state index is 12.7. The van der Waals surface area contributed by atoms with Crippen molar-refractivity contribution in [1.82, 2.24) is 10.4 Å². The molecule has 0 saturated carbocycles. The summed E-state index contributed by atoms with van der Waals surface area (Å²) >= 11 is 3.47. The van der Waals surface area contributed by atoms with E-state index in [1.54, 1.807) is 0 Å². The van der Waals surface area contributed by atoms with Crippen LogP contribution in [0.5, 0.6) is 0 Å². The molecule has 0 spiro atoms. The van der Waals surface area contributed by atoms with Crippen LogP contribution in [0.4, 0.5) is 0 Å². The Kier molecular flexibility index (Phi) is 7.51. The molecular weight excluding hydrogens is 380 g/mol. The molecule has 2 rings (SSSR count). The highest BCUT2D eigenvalue weighted by Gasteiger charge is 2.38. The molecule has 0 fully saturated rings. The molecule has 0 amide bonds. The first kappa shape index (κ1) is 20.0. The SMILES string of the molecule is CCCCN1NC(Cc2ccc(Br)cc2)=C(C(=O)OCC)C1C(C)C. The zero-order valence-electron chi connectivity index (χ0n) is 15.6. The molecule has 5 heteroatoms. The quantitative estimate of drug-likeness (QED) is 0.644. The van der Waals surface area contributed by atoms with Crippen molar-refractivity contribution in [2.24, 2.45) is 5.92 Å². The third-order valence-electron chi connectivity index (χ3n) is 4.41. The van der Waals surface area contributed by atoms with Crippen molar-refractivity contribution < 1.29 is 9.53 Å². The number of unbranched alkanes of at least 4 members (excludes halogenated alkanes) is 1. The molecule has 0 radical (unpaired) electrons. The number of ether oxygens (including phenoxy) is 1. The van der Waals surface area contributed by atoms with Crippen LogP contribution >= 0.6 is 15.9 Å². The summed E-state index contributed by atoms with van der Waals surface area (Å²) in [6, 6.07) is 8.28. The lowest BCUT2D eigenvalue weighted by atomic mass is 9.93. The minimum atomic E-state index is -0.195. The van der Waals surface area contributed by atoms with Gasteiger partial charge in [0.15, 0.2) is 0 Å². The number of nitrogens with one attached hydrogen (secondary N) is 1. The molecule has 0 aromatic heterocycles. The van der Waals surface area contributed by atoms with Crippen molar-refractivity contribution in [2.45, 2.75) is 53.0 Å². The van der Waals surface area contributed by atoms with Crippen LogP contribution in [0.1, 0.15) is 46.1 Å². The summed E-state index contributed by atoms with van der Waals surface area (Å²) < 4.78 is 6.43. The molecule has 0 saturated heterocycles. The molecule has 1 aliphatic rings. The van der Waals surface area contributed by atoms with Crippen LogP contribution in [0, 0.1) is 5.92 Å². The molecule has 1 aromatic carbocycles. The Bertz CT molecular complexity index is 611. The van der Waals surface area contributed by atoms with Gasteiger partial charge in [-0.1, -0.05) is 55.3 Å². The largest absolute Gasteiger partial charge is 0.463 e. The number of hydrazine groups is 1. The standard InChI is InChI=1S/C20H29BrN2O2/c1-5-7-12-23-19(14(3)4)18(20(24)25-6-2)17(22-23)13-15-8-10-16(21)11-9-15/h8-11,14,19,22H,5-7,12-13H2,1-4H3. The van der Waals surface area contributed by atoms with Gasteiger partial charge in [0.25, 0.3) is 0 Å². The van der Waals surface area contributed by atoms with E-state index in [1.807, 2.05) is 19.1 Å². The van der Waals surface area contributed by atoms with Gasteiger partial charge < -0.3 is 10.2 Å². The van der Waals surface area contributed by atoms with E-state index in [4.69, 9.17) is 4.74 Å². The summed E-state index contributed by atoms with van der Waals surface area (Å²) in [5.41, 5.74) is 6.44. The summed E-state index contributed by atoms with van der Waals surface area (Å²) in [6.07, 6.45) is 2.92. The van der Waals surface area contributed by atoms with Gasteiger partial charge >= 0.3 is 5.97 Å². The number of carbonyl (C=O) groups excluding carboxylic acids is 1. The van der Waals surface area contributed by atoms with Crippen molar-refractivity contribution in [3.05, 3.63) is 45.6 Å². The smallest absolute Gasteiger partial charge is 0.337 e. The Hall–Kier alpha value is -1.33. The second kappa shape index (κ2) is 9.39. The number of rotatable bonds is 8. The van der Waals surface area contributed by atoms with Crippen LogP contribution in [-0.2, 0) is 16.0 Å². The van der Waals surface area contributed by atoms with Crippen LogP contribution in [0.15, 0.2) is 40.0 Å². The maximum atomic E-state index is 12.7. The lowest BCUT2D eigenvalue weighted by molar-refractivity contribution is -0.139. The van der Waals surface area contributed by atoms with Gasteiger partial charge in [-0.3, -0.25) is 0 Å². The van der Waals surface area contributed by atoms with Gasteiger partial charge in [0, 0.05) is 23.1 Å². The van der Waals surface area contributed by atoms with Crippen LogP contribution in [0.2, 0.25) is 0 Å². The van der Waals surface area contributed by atoms with Crippen LogP contribution in [-0.4, -0.2) is 30.2 Å². The average Bonchev–Trinajstić information content (AvgIpc) is 2.93. The van der Waals surface area contributed by atoms with Gasteiger partial charge in [0.2, 0.25) is 0 Å². The summed E-state index contributed by atoms with van der Waals surface area (Å²) in [5.74, 6) is 0.131. The van der Waals surface area contributed by atoms with Crippen LogP contribution < -0.4 is 5.43 Å². The molecule has 25 heavy (non-hydrogen) atoms. The van der Waals surface area contributed by atoms with Crippen molar-refractivity contribution >= 4 is 21.9 Å². The van der Waals surface area contributed by atoms with Gasteiger partial charge in [0.1, 0.15) is 0 Å². The first-order chi connectivity index (χ1) is 12.0. The minimum Gasteiger partial charge on any atom is -0.463 e. The molecule has 138 valence electrons. The molecule has 4 nitrogen and oxygen atoms in total.